The Balaban J connectivity index is 1.82. The first-order chi connectivity index (χ1) is 13.2. The van der Waals surface area contributed by atoms with E-state index in [1.54, 1.807) is 14.0 Å². The molecule has 1 fully saturated rings. The Morgan fingerprint density at radius 1 is 1.36 bits per heavy atom. The highest BCUT2D eigenvalue weighted by atomic mass is 31.2. The van der Waals surface area contributed by atoms with Crippen LogP contribution in [0.2, 0.25) is 0 Å². The first-order valence-corrected chi connectivity index (χ1v) is 10.0. The van der Waals surface area contributed by atoms with E-state index in [1.807, 2.05) is 0 Å². The van der Waals surface area contributed by atoms with Gasteiger partial charge in [-0.3, -0.25) is 4.57 Å². The third-order valence-corrected chi connectivity index (χ3v) is 5.43. The van der Waals surface area contributed by atoms with Crippen LogP contribution in [0.3, 0.4) is 0 Å². The maximum Gasteiger partial charge on any atom is 0.356 e. The van der Waals surface area contributed by atoms with Crippen molar-refractivity contribution in [3.05, 3.63) is 12.0 Å². The van der Waals surface area contributed by atoms with Gasteiger partial charge in [-0.05, 0) is 6.92 Å². The number of rotatable bonds is 7. The molecule has 0 aromatic carbocycles. The number of aromatic nitrogens is 4. The van der Waals surface area contributed by atoms with Crippen LogP contribution < -0.4 is 5.32 Å². The Labute approximate surface area is 159 Å². The Kier molecular flexibility index (Phi) is 5.98. The largest absolute Gasteiger partial charge is 0.393 e. The zero-order valence-corrected chi connectivity index (χ0v) is 16.0. The minimum absolute atomic E-state index is 0.373. The molecule has 0 amide bonds. The fourth-order valence-corrected chi connectivity index (χ4v) is 3.44. The molecule has 28 heavy (non-hydrogen) atoms. The summed E-state index contributed by atoms with van der Waals surface area (Å²) in [4.78, 5) is 26.8. The number of anilines is 1. The Morgan fingerprint density at radius 3 is 2.68 bits per heavy atom. The molecular weight excluding hydrogens is 397 g/mol. The lowest BCUT2D eigenvalue weighted by atomic mass is 10.1. The van der Waals surface area contributed by atoms with Crippen LogP contribution in [0.15, 0.2) is 6.20 Å². The molecule has 5 atom stereocenters. The van der Waals surface area contributed by atoms with Crippen LogP contribution in [0, 0.1) is 6.92 Å². The molecule has 0 spiro atoms. The first-order valence-electron chi connectivity index (χ1n) is 8.36. The minimum atomic E-state index is -4.69. The molecule has 2 aromatic rings. The smallest absolute Gasteiger partial charge is 0.356 e. The summed E-state index contributed by atoms with van der Waals surface area (Å²) < 4.78 is 23.1. The lowest BCUT2D eigenvalue weighted by Crippen LogP contribution is -2.35. The topological polar surface area (TPSA) is 192 Å². The van der Waals surface area contributed by atoms with E-state index >= 15 is 0 Å². The summed E-state index contributed by atoms with van der Waals surface area (Å²) >= 11 is 0. The van der Waals surface area contributed by atoms with E-state index in [1.165, 1.54) is 10.9 Å². The maximum absolute atomic E-state index is 11.2. The Morgan fingerprint density at radius 2 is 2.07 bits per heavy atom. The van der Waals surface area contributed by atoms with Gasteiger partial charge in [0.25, 0.3) is 0 Å². The average Bonchev–Trinajstić information content (AvgIpc) is 3.16. The van der Waals surface area contributed by atoms with Gasteiger partial charge in [0.1, 0.15) is 30.0 Å². The van der Waals surface area contributed by atoms with E-state index in [2.05, 4.69) is 20.4 Å². The van der Waals surface area contributed by atoms with Crippen molar-refractivity contribution >= 4 is 24.4 Å². The predicted molar refractivity (Wildman–Crippen MR) is 94.4 cm³/mol. The first kappa shape index (κ1) is 21.0. The van der Waals surface area contributed by atoms with Crippen LogP contribution in [0.4, 0.5) is 5.82 Å². The van der Waals surface area contributed by atoms with Crippen LogP contribution >= 0.6 is 7.60 Å². The third kappa shape index (κ3) is 3.88. The number of hydrogen-bond donors (Lipinski definition) is 6. The highest BCUT2D eigenvalue weighted by Crippen LogP contribution is 2.42. The van der Waals surface area contributed by atoms with Crippen molar-refractivity contribution in [2.75, 3.05) is 25.6 Å². The van der Waals surface area contributed by atoms with Crippen molar-refractivity contribution in [2.45, 2.75) is 37.3 Å². The van der Waals surface area contributed by atoms with Gasteiger partial charge in [-0.2, -0.15) is 5.10 Å². The highest BCUT2D eigenvalue weighted by molar-refractivity contribution is 7.52. The molecule has 0 saturated carbocycles. The summed E-state index contributed by atoms with van der Waals surface area (Å²) in [5.41, 5.74) is 0.373. The van der Waals surface area contributed by atoms with Crippen LogP contribution in [0.25, 0.3) is 11.0 Å². The van der Waals surface area contributed by atoms with Crippen LogP contribution in [-0.2, 0) is 14.0 Å². The zero-order valence-electron chi connectivity index (χ0n) is 15.1. The molecule has 1 aliphatic heterocycles. The van der Waals surface area contributed by atoms with Crippen LogP contribution in [0.1, 0.15) is 12.1 Å². The molecule has 156 valence electrons. The molecular formula is C14H22N5O8P. The minimum Gasteiger partial charge on any atom is -0.393 e. The molecule has 14 heteroatoms. The standard InChI is InChI=1S/C14H22N5O8P/c1-6-17-12(15-2)7-3-16-19(13(7)18-6)14-11(22)10(21)8(27-14)5-26-9(4-20)28(23,24)25/h3,8-11,14,20-22H,4-5H2,1-2H3,(H,15,17,18)(H2,23,24,25)/t8-,9?,10-,11-,14-/m1/s1. The second-order valence-corrected chi connectivity index (χ2v) is 8.06. The van der Waals surface area contributed by atoms with E-state index in [9.17, 15) is 14.8 Å². The lowest BCUT2D eigenvalue weighted by molar-refractivity contribution is -0.0807. The molecule has 13 nitrogen and oxygen atoms in total. The van der Waals surface area contributed by atoms with Crippen molar-refractivity contribution in [2.24, 2.45) is 0 Å². The molecule has 0 radical (unpaired) electrons. The molecule has 3 heterocycles. The lowest BCUT2D eigenvalue weighted by Gasteiger charge is -2.20. The normalized spacial score (nSPS) is 26.7. The number of nitrogens with zero attached hydrogens (tertiary/aromatic N) is 4. The van der Waals surface area contributed by atoms with E-state index in [-0.39, 0.29) is 0 Å². The van der Waals surface area contributed by atoms with Gasteiger partial charge < -0.3 is 39.9 Å². The van der Waals surface area contributed by atoms with Gasteiger partial charge in [0.05, 0.1) is 24.8 Å². The molecule has 0 bridgehead atoms. The Hall–Kier alpha value is -1.70. The molecule has 1 saturated heterocycles. The second-order valence-electron chi connectivity index (χ2n) is 6.30. The van der Waals surface area contributed by atoms with Gasteiger partial charge >= 0.3 is 7.60 Å². The molecule has 2 aromatic heterocycles. The van der Waals surface area contributed by atoms with E-state index < -0.39 is 51.2 Å². The van der Waals surface area contributed by atoms with Gasteiger partial charge in [-0.15, -0.1) is 0 Å². The molecule has 0 aliphatic carbocycles. The molecule has 6 N–H and O–H groups in total. The van der Waals surface area contributed by atoms with Crippen molar-refractivity contribution in [3.63, 3.8) is 0 Å². The van der Waals surface area contributed by atoms with Gasteiger partial charge in [-0.1, -0.05) is 0 Å². The number of ether oxygens (including phenoxy) is 2. The summed E-state index contributed by atoms with van der Waals surface area (Å²) in [6.07, 6.45) is -3.53. The quantitative estimate of drug-likeness (QED) is 0.279. The van der Waals surface area contributed by atoms with E-state index in [0.717, 1.165) is 0 Å². The number of aliphatic hydroxyl groups is 3. The molecule has 1 unspecified atom stereocenters. The SMILES string of the molecule is CNc1nc(C)nc2c1cnn2[C@@H]1O[C@H](COC(CO)P(=O)(O)O)[C@@H](O)[C@H]1O. The number of aliphatic hydroxyl groups excluding tert-OH is 3. The second kappa shape index (κ2) is 7.97. The van der Waals surface area contributed by atoms with Gasteiger partial charge in [-0.25, -0.2) is 14.6 Å². The number of aryl methyl sites for hydroxylation is 1. The summed E-state index contributed by atoms with van der Waals surface area (Å²) in [7, 11) is -3.00. The van der Waals surface area contributed by atoms with Gasteiger partial charge in [0.15, 0.2) is 17.7 Å². The van der Waals surface area contributed by atoms with Crippen LogP contribution in [-0.4, -0.2) is 89.3 Å². The number of hydrogen-bond acceptors (Lipinski definition) is 10. The van der Waals surface area contributed by atoms with Gasteiger partial charge in [0, 0.05) is 7.05 Å². The fraction of sp³-hybridized carbons (Fsp3) is 0.643. The number of nitrogens with one attached hydrogen (secondary N) is 1. The third-order valence-electron chi connectivity index (χ3n) is 4.36. The van der Waals surface area contributed by atoms with Crippen molar-refractivity contribution in [3.8, 4) is 0 Å². The Bertz CT molecular complexity index is 888. The van der Waals surface area contributed by atoms with Crippen molar-refractivity contribution in [1.82, 2.24) is 19.7 Å². The van der Waals surface area contributed by atoms with Crippen LogP contribution in [0.5, 0.6) is 0 Å². The van der Waals surface area contributed by atoms with Crippen molar-refractivity contribution in [1.29, 1.82) is 0 Å². The van der Waals surface area contributed by atoms with E-state index in [0.29, 0.717) is 22.7 Å². The molecule has 1 aliphatic rings. The number of fused-ring (bicyclic) bond motifs is 1. The summed E-state index contributed by atoms with van der Waals surface area (Å²) in [6.45, 7) is 0.318. The summed E-state index contributed by atoms with van der Waals surface area (Å²) in [6, 6.07) is 0. The monoisotopic (exact) mass is 419 g/mol. The van der Waals surface area contributed by atoms with Crippen molar-refractivity contribution < 1.29 is 39.1 Å². The highest BCUT2D eigenvalue weighted by Gasteiger charge is 2.45. The predicted octanol–water partition coefficient (Wildman–Crippen LogP) is -1.69. The average molecular weight is 419 g/mol. The molecule has 3 rings (SSSR count). The zero-order chi connectivity index (χ0) is 20.6. The van der Waals surface area contributed by atoms with Gasteiger partial charge in [0.2, 0.25) is 0 Å². The fourth-order valence-electron chi connectivity index (χ4n) is 2.94. The summed E-state index contributed by atoms with van der Waals surface area (Å²) in [5, 5.41) is 37.3. The maximum atomic E-state index is 11.2. The summed E-state index contributed by atoms with van der Waals surface area (Å²) in [5.74, 6) is -0.758. The van der Waals surface area contributed by atoms with E-state index in [4.69, 9.17) is 24.4 Å².